The number of fused-ring (bicyclic) bond motifs is 2. The molecule has 0 saturated carbocycles. The number of nitrogens with one attached hydrogen (secondary N) is 4. The molecule has 2 aliphatic heterocycles. The van der Waals surface area contributed by atoms with Crippen LogP contribution < -0.4 is 16.0 Å². The summed E-state index contributed by atoms with van der Waals surface area (Å²) < 4.78 is 42.2. The predicted octanol–water partition coefficient (Wildman–Crippen LogP) is 5.18. The molecule has 4 aromatic rings. The molecule has 0 aliphatic carbocycles. The van der Waals surface area contributed by atoms with E-state index in [9.17, 15) is 41.9 Å². The molecule has 3 heterocycles. The molecule has 296 valence electrons. The highest BCUT2D eigenvalue weighted by atomic mass is 35.5. The molecule has 3 aromatic carbocycles. The quantitative estimate of drug-likeness (QED) is 0.0538. The molecular formula is C41H38ClF3N6O6. The molecule has 2 unspecified atom stereocenters. The maximum atomic E-state index is 14.2. The summed E-state index contributed by atoms with van der Waals surface area (Å²) >= 11 is 6.27. The van der Waals surface area contributed by atoms with Crippen LogP contribution in [0.4, 0.5) is 13.2 Å². The zero-order valence-corrected chi connectivity index (χ0v) is 31.9. The molecule has 0 bridgehead atoms. The van der Waals surface area contributed by atoms with Crippen LogP contribution in [0.25, 0.3) is 10.9 Å². The Kier molecular flexibility index (Phi) is 11.8. The van der Waals surface area contributed by atoms with Gasteiger partial charge < -0.3 is 25.4 Å². The molecule has 0 radical (unpaired) electrons. The Bertz CT molecular complexity index is 2360. The standard InChI is InChI=1S/C41H38ClF3N6O6/c1-41(2,3)49-39(56)36(50(21-52)19-22-16-28(43)34(45)29(44)17-22)33-26-12-11-24(42)18-30(26)47-35(33)38(55)46-15-6-4-5-8-23-9-7-10-25-27(23)20-51(40(25)57)31-13-14-32(53)48-37(31)54/h7,9-12,16-18,21,31,36,47H,4,6,13-15,19-20H2,1-3H3,(H,46,55)(H,49,56)(H,48,53,54). The van der Waals surface area contributed by atoms with E-state index in [2.05, 4.69) is 32.8 Å². The molecule has 0 spiro atoms. The van der Waals surface area contributed by atoms with E-state index < -0.39 is 59.3 Å². The molecule has 6 amide bonds. The first-order valence-electron chi connectivity index (χ1n) is 18.1. The van der Waals surface area contributed by atoms with Crippen LogP contribution in [-0.4, -0.2) is 68.9 Å². The van der Waals surface area contributed by atoms with Crippen molar-refractivity contribution in [1.29, 1.82) is 0 Å². The van der Waals surface area contributed by atoms with Crippen LogP contribution in [0.3, 0.4) is 0 Å². The van der Waals surface area contributed by atoms with Gasteiger partial charge in [0, 0.05) is 70.6 Å². The topological polar surface area (TPSA) is 161 Å². The van der Waals surface area contributed by atoms with Crippen molar-refractivity contribution in [3.63, 3.8) is 0 Å². The number of nitrogens with zero attached hydrogens (tertiary/aromatic N) is 2. The highest BCUT2D eigenvalue weighted by Crippen LogP contribution is 2.35. The summed E-state index contributed by atoms with van der Waals surface area (Å²) in [5, 5.41) is 8.61. The first-order chi connectivity index (χ1) is 27.1. The van der Waals surface area contributed by atoms with E-state index in [0.717, 1.165) is 17.0 Å². The molecule has 4 N–H and O–H groups in total. The van der Waals surface area contributed by atoms with Crippen LogP contribution in [0.2, 0.25) is 5.02 Å². The summed E-state index contributed by atoms with van der Waals surface area (Å²) in [7, 11) is 0. The van der Waals surface area contributed by atoms with Crippen LogP contribution in [-0.2, 0) is 32.3 Å². The van der Waals surface area contributed by atoms with Crippen LogP contribution in [0.15, 0.2) is 48.5 Å². The number of aromatic amines is 1. The Morgan fingerprint density at radius 2 is 1.82 bits per heavy atom. The lowest BCUT2D eigenvalue weighted by Crippen LogP contribution is -2.52. The van der Waals surface area contributed by atoms with Crippen molar-refractivity contribution in [3.8, 4) is 11.8 Å². The van der Waals surface area contributed by atoms with Crippen LogP contribution in [0.5, 0.6) is 0 Å². The number of amides is 6. The number of imide groups is 1. The van der Waals surface area contributed by atoms with Crippen LogP contribution in [0.1, 0.15) is 95.6 Å². The second-order valence-electron chi connectivity index (χ2n) is 14.8. The zero-order valence-electron chi connectivity index (χ0n) is 31.2. The number of rotatable bonds is 11. The number of hydrogen-bond donors (Lipinski definition) is 4. The Balaban J connectivity index is 1.21. The first kappa shape index (κ1) is 40.5. The van der Waals surface area contributed by atoms with E-state index in [0.29, 0.717) is 51.9 Å². The Morgan fingerprint density at radius 1 is 1.09 bits per heavy atom. The van der Waals surface area contributed by atoms with Gasteiger partial charge in [-0.25, -0.2) is 13.2 Å². The van der Waals surface area contributed by atoms with Crippen molar-refractivity contribution in [2.24, 2.45) is 0 Å². The molecule has 1 aromatic heterocycles. The Morgan fingerprint density at radius 3 is 2.51 bits per heavy atom. The van der Waals surface area contributed by atoms with Crippen molar-refractivity contribution in [3.05, 3.63) is 105 Å². The van der Waals surface area contributed by atoms with E-state index in [1.54, 1.807) is 57.2 Å². The van der Waals surface area contributed by atoms with Crippen LogP contribution in [0, 0.1) is 29.3 Å². The molecule has 2 atom stereocenters. The normalized spacial score (nSPS) is 15.7. The van der Waals surface area contributed by atoms with Crippen LogP contribution >= 0.6 is 11.6 Å². The SMILES string of the molecule is CC(C)(C)NC(=O)C(c1c(C(=O)NCCCC#Cc2cccc3c2CN(C2CCC(=O)NC2=O)C3=O)[nH]c2cc(Cl)ccc12)N(C=O)Cc1cc(F)c(F)c(F)c1. The molecule has 57 heavy (non-hydrogen) atoms. The third kappa shape index (κ3) is 8.81. The summed E-state index contributed by atoms with van der Waals surface area (Å²) in [6.07, 6.45) is 1.42. The number of halogens is 4. The lowest BCUT2D eigenvalue weighted by Gasteiger charge is -2.31. The fourth-order valence-corrected chi connectivity index (χ4v) is 7.14. The number of piperidine rings is 1. The predicted molar refractivity (Wildman–Crippen MR) is 203 cm³/mol. The van der Waals surface area contributed by atoms with Gasteiger partial charge in [-0.2, -0.15) is 0 Å². The molecule has 1 fully saturated rings. The summed E-state index contributed by atoms with van der Waals surface area (Å²) in [5.74, 6) is -0.995. The van der Waals surface area contributed by atoms with Gasteiger partial charge in [-0.1, -0.05) is 35.6 Å². The molecule has 16 heteroatoms. The lowest BCUT2D eigenvalue weighted by atomic mass is 9.97. The van der Waals surface area contributed by atoms with Gasteiger partial charge in [-0.05, 0) is 81.1 Å². The average Bonchev–Trinajstić information content (AvgIpc) is 3.68. The molecule has 6 rings (SSSR count). The monoisotopic (exact) mass is 802 g/mol. The molecule has 12 nitrogen and oxygen atoms in total. The molecular weight excluding hydrogens is 765 g/mol. The van der Waals surface area contributed by atoms with Gasteiger partial charge >= 0.3 is 0 Å². The Hall–Kier alpha value is -6.14. The Labute approximate surface area is 330 Å². The smallest absolute Gasteiger partial charge is 0.268 e. The lowest BCUT2D eigenvalue weighted by molar-refractivity contribution is -0.137. The number of benzene rings is 3. The summed E-state index contributed by atoms with van der Waals surface area (Å²) in [6.45, 7) is 4.93. The first-order valence-corrected chi connectivity index (χ1v) is 18.4. The average molecular weight is 803 g/mol. The minimum Gasteiger partial charge on any atom is -0.351 e. The highest BCUT2D eigenvalue weighted by molar-refractivity contribution is 6.31. The van der Waals surface area contributed by atoms with E-state index in [-0.39, 0.29) is 54.6 Å². The van der Waals surface area contributed by atoms with Crippen molar-refractivity contribution < 1.29 is 41.9 Å². The molecule has 2 aliphatic rings. The van der Waals surface area contributed by atoms with Gasteiger partial charge in [0.1, 0.15) is 17.8 Å². The molecule has 1 saturated heterocycles. The maximum Gasteiger partial charge on any atom is 0.268 e. The largest absolute Gasteiger partial charge is 0.351 e. The van der Waals surface area contributed by atoms with Crippen molar-refractivity contribution in [1.82, 2.24) is 30.7 Å². The van der Waals surface area contributed by atoms with Gasteiger partial charge in [0.05, 0.1) is 0 Å². The third-order valence-corrected chi connectivity index (χ3v) is 9.73. The van der Waals surface area contributed by atoms with Crippen molar-refractivity contribution in [2.45, 2.75) is 77.2 Å². The minimum absolute atomic E-state index is 0.0687. The number of hydrogen-bond acceptors (Lipinski definition) is 6. The van der Waals surface area contributed by atoms with Gasteiger partial charge in [0.15, 0.2) is 17.5 Å². The number of carbonyl (C=O) groups is 6. The fraction of sp³-hybridized carbons (Fsp3) is 0.317. The number of H-pyrrole nitrogens is 1. The van der Waals surface area contributed by atoms with Gasteiger partial charge in [0.2, 0.25) is 24.1 Å². The van der Waals surface area contributed by atoms with Crippen molar-refractivity contribution in [2.75, 3.05) is 6.54 Å². The van der Waals surface area contributed by atoms with E-state index in [4.69, 9.17) is 11.6 Å². The van der Waals surface area contributed by atoms with E-state index >= 15 is 0 Å². The highest BCUT2D eigenvalue weighted by Gasteiger charge is 2.40. The van der Waals surface area contributed by atoms with E-state index in [1.165, 1.54) is 4.90 Å². The summed E-state index contributed by atoms with van der Waals surface area (Å²) in [5.41, 5.74) is 1.19. The second kappa shape index (κ2) is 16.5. The third-order valence-electron chi connectivity index (χ3n) is 9.49. The number of unbranched alkanes of at least 4 members (excludes halogenated alkanes) is 1. The number of carbonyl (C=O) groups excluding carboxylic acids is 6. The zero-order chi connectivity index (χ0) is 41.2. The summed E-state index contributed by atoms with van der Waals surface area (Å²) in [4.78, 5) is 83.3. The van der Waals surface area contributed by atoms with Gasteiger partial charge in [0.25, 0.3) is 11.8 Å². The summed E-state index contributed by atoms with van der Waals surface area (Å²) in [6, 6.07) is 8.99. The maximum absolute atomic E-state index is 14.2. The number of aromatic nitrogens is 1. The van der Waals surface area contributed by atoms with Gasteiger partial charge in [-0.3, -0.25) is 34.1 Å². The van der Waals surface area contributed by atoms with Crippen molar-refractivity contribution >= 4 is 58.4 Å². The van der Waals surface area contributed by atoms with E-state index in [1.807, 2.05) is 0 Å². The second-order valence-corrected chi connectivity index (χ2v) is 15.2. The minimum atomic E-state index is -1.68. The fourth-order valence-electron chi connectivity index (χ4n) is 6.97. The van der Waals surface area contributed by atoms with Gasteiger partial charge in [-0.15, -0.1) is 0 Å².